The highest BCUT2D eigenvalue weighted by Crippen LogP contribution is 2.01. The zero-order chi connectivity index (χ0) is 9.40. The highest BCUT2D eigenvalue weighted by atomic mass is 32.2. The number of hydrogen-bond donors (Lipinski definition) is 2. The fraction of sp³-hybridized carbons (Fsp3) is 0.250. The topological polar surface area (TPSA) is 55.1 Å². The van der Waals surface area contributed by atoms with E-state index in [4.69, 9.17) is 0 Å². The molecule has 0 heterocycles. The Balaban J connectivity index is 0.000000561. The summed E-state index contributed by atoms with van der Waals surface area (Å²) in [6, 6.07) is 9.28. The molecule has 0 fully saturated rings. The number of rotatable bonds is 2. The molecule has 1 unspecified atom stereocenters. The maximum Gasteiger partial charge on any atom is 0.124 e. The van der Waals surface area contributed by atoms with Crippen LogP contribution in [0, 0.1) is 0 Å². The average Bonchev–Trinajstić information content (AvgIpc) is 2.21. The number of nitrogens with one attached hydrogen (secondary N) is 1. The van der Waals surface area contributed by atoms with Gasteiger partial charge in [-0.05, 0) is 26.2 Å². The Kier molecular flexibility index (Phi) is 6.55. The van der Waals surface area contributed by atoms with Gasteiger partial charge >= 0.3 is 0 Å². The van der Waals surface area contributed by atoms with Gasteiger partial charge in [0.25, 0.3) is 0 Å². The summed E-state index contributed by atoms with van der Waals surface area (Å²) in [5.41, 5.74) is 4.50. The quantitative estimate of drug-likeness (QED) is 0.707. The molecule has 1 aromatic carbocycles. The molecular formula is C8H14N2OS. The second-order valence-electron chi connectivity index (χ2n) is 1.79. The van der Waals surface area contributed by atoms with Crippen molar-refractivity contribution in [1.29, 1.82) is 0 Å². The van der Waals surface area contributed by atoms with Crippen LogP contribution >= 0.6 is 0 Å². The van der Waals surface area contributed by atoms with Gasteiger partial charge < -0.3 is 5.73 Å². The number of nitrogens with two attached hydrogens (primary N) is 1. The van der Waals surface area contributed by atoms with Gasteiger partial charge in [0.1, 0.15) is 11.0 Å². The van der Waals surface area contributed by atoms with Crippen LogP contribution < -0.4 is 10.5 Å². The first-order chi connectivity index (χ1) is 5.84. The Morgan fingerprint density at radius 2 is 1.75 bits per heavy atom. The third kappa shape index (κ3) is 3.61. The first-order valence-electron chi connectivity index (χ1n) is 3.56. The molecule has 68 valence electrons. The third-order valence-corrected chi connectivity index (χ3v) is 2.21. The fourth-order valence-electron chi connectivity index (χ4n) is 0.662. The molecule has 0 aliphatic heterocycles. The van der Waals surface area contributed by atoms with Gasteiger partial charge in [0.05, 0.1) is 4.90 Å². The largest absolute Gasteiger partial charge is 0.333 e. The molecule has 3 nitrogen and oxygen atoms in total. The Bertz CT molecular complexity index is 226. The van der Waals surface area contributed by atoms with Crippen LogP contribution in [-0.4, -0.2) is 18.3 Å². The van der Waals surface area contributed by atoms with Crippen molar-refractivity contribution in [2.24, 2.45) is 5.73 Å². The van der Waals surface area contributed by atoms with Crippen molar-refractivity contribution in [3.63, 3.8) is 0 Å². The summed E-state index contributed by atoms with van der Waals surface area (Å²) in [4.78, 5) is 0.810. The van der Waals surface area contributed by atoms with E-state index >= 15 is 0 Å². The van der Waals surface area contributed by atoms with E-state index in [1.807, 2.05) is 30.3 Å². The molecule has 0 spiro atoms. The molecule has 3 N–H and O–H groups in total. The van der Waals surface area contributed by atoms with E-state index in [0.29, 0.717) is 0 Å². The molecule has 0 aliphatic carbocycles. The van der Waals surface area contributed by atoms with Crippen molar-refractivity contribution in [2.45, 2.75) is 4.90 Å². The van der Waals surface area contributed by atoms with Gasteiger partial charge in [-0.1, -0.05) is 18.2 Å². The second-order valence-corrected chi connectivity index (χ2v) is 3.20. The van der Waals surface area contributed by atoms with Gasteiger partial charge in [-0.3, -0.25) is 0 Å². The molecule has 1 atom stereocenters. The van der Waals surface area contributed by atoms with E-state index in [1.165, 1.54) is 7.05 Å². The minimum Gasteiger partial charge on any atom is -0.333 e. The fourth-order valence-corrected chi connectivity index (χ4v) is 1.30. The van der Waals surface area contributed by atoms with Crippen LogP contribution in [0.1, 0.15) is 0 Å². The first kappa shape index (κ1) is 11.3. The van der Waals surface area contributed by atoms with Crippen LogP contribution in [0.2, 0.25) is 0 Å². The van der Waals surface area contributed by atoms with Crippen molar-refractivity contribution in [2.75, 3.05) is 14.1 Å². The lowest BCUT2D eigenvalue weighted by molar-refractivity contribution is 0.678. The highest BCUT2D eigenvalue weighted by Gasteiger charge is 1.95. The predicted molar refractivity (Wildman–Crippen MR) is 52.0 cm³/mol. The van der Waals surface area contributed by atoms with E-state index in [9.17, 15) is 4.21 Å². The van der Waals surface area contributed by atoms with Crippen LogP contribution in [0.25, 0.3) is 0 Å². The van der Waals surface area contributed by atoms with E-state index in [0.717, 1.165) is 4.90 Å². The van der Waals surface area contributed by atoms with Crippen molar-refractivity contribution >= 4 is 11.0 Å². The first-order valence-corrected chi connectivity index (χ1v) is 4.71. The zero-order valence-corrected chi connectivity index (χ0v) is 8.10. The Morgan fingerprint density at radius 1 is 1.25 bits per heavy atom. The number of hydrogen-bond acceptors (Lipinski definition) is 2. The van der Waals surface area contributed by atoms with Crippen molar-refractivity contribution < 1.29 is 4.21 Å². The molecule has 0 bridgehead atoms. The summed E-state index contributed by atoms with van der Waals surface area (Å²) in [6.07, 6.45) is 0. The van der Waals surface area contributed by atoms with Gasteiger partial charge in [-0.25, -0.2) is 8.93 Å². The third-order valence-electron chi connectivity index (χ3n) is 1.14. The maximum atomic E-state index is 11.0. The van der Waals surface area contributed by atoms with Crippen LogP contribution in [0.15, 0.2) is 35.2 Å². The Hall–Kier alpha value is -0.710. The summed E-state index contributed by atoms with van der Waals surface area (Å²) >= 11 is 0. The summed E-state index contributed by atoms with van der Waals surface area (Å²) in [5, 5.41) is 0. The van der Waals surface area contributed by atoms with E-state index in [2.05, 4.69) is 10.5 Å². The summed E-state index contributed by atoms with van der Waals surface area (Å²) < 4.78 is 13.7. The number of benzene rings is 1. The molecule has 0 amide bonds. The molecule has 12 heavy (non-hydrogen) atoms. The normalized spacial score (nSPS) is 11.2. The Labute approximate surface area is 75.6 Å². The van der Waals surface area contributed by atoms with Crippen LogP contribution in [0.4, 0.5) is 0 Å². The van der Waals surface area contributed by atoms with E-state index in [1.54, 1.807) is 7.05 Å². The minimum absolute atomic E-state index is 0.810. The second kappa shape index (κ2) is 6.97. The zero-order valence-electron chi connectivity index (χ0n) is 7.28. The lowest BCUT2D eigenvalue weighted by Gasteiger charge is -1.96. The maximum absolute atomic E-state index is 11.0. The summed E-state index contributed by atoms with van der Waals surface area (Å²) in [7, 11) is 2.13. The molecule has 0 aromatic heterocycles. The molecule has 0 saturated carbocycles. The molecule has 0 aliphatic rings. The van der Waals surface area contributed by atoms with Gasteiger partial charge in [0.15, 0.2) is 0 Å². The van der Waals surface area contributed by atoms with E-state index in [-0.39, 0.29) is 0 Å². The summed E-state index contributed by atoms with van der Waals surface area (Å²) in [6.45, 7) is 0. The molecule has 0 radical (unpaired) electrons. The minimum atomic E-state index is -1.04. The van der Waals surface area contributed by atoms with Gasteiger partial charge in [-0.2, -0.15) is 0 Å². The van der Waals surface area contributed by atoms with E-state index < -0.39 is 11.0 Å². The Morgan fingerprint density at radius 3 is 2.17 bits per heavy atom. The molecule has 1 aromatic rings. The lowest BCUT2D eigenvalue weighted by Crippen LogP contribution is -2.09. The summed E-state index contributed by atoms with van der Waals surface area (Å²) in [5.74, 6) is 0. The smallest absolute Gasteiger partial charge is 0.124 e. The van der Waals surface area contributed by atoms with Crippen molar-refractivity contribution in [3.05, 3.63) is 30.3 Å². The average molecular weight is 186 g/mol. The highest BCUT2D eigenvalue weighted by molar-refractivity contribution is 7.83. The predicted octanol–water partition coefficient (Wildman–Crippen LogP) is 0.503. The van der Waals surface area contributed by atoms with Crippen molar-refractivity contribution in [3.8, 4) is 0 Å². The van der Waals surface area contributed by atoms with Gasteiger partial charge in [0, 0.05) is 0 Å². The van der Waals surface area contributed by atoms with Gasteiger partial charge in [-0.15, -0.1) is 0 Å². The molecule has 0 saturated heterocycles. The molecule has 1 rings (SSSR count). The van der Waals surface area contributed by atoms with Crippen LogP contribution in [-0.2, 0) is 11.0 Å². The van der Waals surface area contributed by atoms with Crippen LogP contribution in [0.3, 0.4) is 0 Å². The van der Waals surface area contributed by atoms with Gasteiger partial charge in [0.2, 0.25) is 0 Å². The standard InChI is InChI=1S/C7H9NOS.CH5N/c1-8-10(9)7-5-3-2-4-6-7;1-2/h2-6,8H,1H3;2H2,1H3. The molecular weight excluding hydrogens is 172 g/mol. The molecule has 4 heteroatoms. The SMILES string of the molecule is CN.CNS(=O)c1ccccc1. The van der Waals surface area contributed by atoms with Crippen LogP contribution in [0.5, 0.6) is 0 Å². The van der Waals surface area contributed by atoms with Crippen molar-refractivity contribution in [1.82, 2.24) is 4.72 Å². The lowest BCUT2D eigenvalue weighted by atomic mass is 10.4. The monoisotopic (exact) mass is 186 g/mol.